The molecule has 0 spiro atoms. The lowest BCUT2D eigenvalue weighted by molar-refractivity contribution is 0.00578. The average molecular weight is 393 g/mol. The van der Waals surface area contributed by atoms with Crippen LogP contribution in [0.15, 0.2) is 23.1 Å². The van der Waals surface area contributed by atoms with Gasteiger partial charge in [0.2, 0.25) is 10.0 Å². The van der Waals surface area contributed by atoms with Gasteiger partial charge in [-0.05, 0) is 83.8 Å². The van der Waals surface area contributed by atoms with Crippen LogP contribution in [0.2, 0.25) is 0 Å². The Morgan fingerprint density at radius 1 is 1.00 bits per heavy atom. The van der Waals surface area contributed by atoms with Crippen LogP contribution < -0.4 is 10.2 Å². The van der Waals surface area contributed by atoms with Crippen LogP contribution in [0.1, 0.15) is 73.8 Å². The largest absolute Gasteiger partial charge is 0.494 e. The van der Waals surface area contributed by atoms with E-state index in [1.807, 2.05) is 60.6 Å². The summed E-state index contributed by atoms with van der Waals surface area (Å²) in [6.45, 7) is 15.7. The molecule has 1 heterocycles. The second kappa shape index (κ2) is 6.05. The molecule has 1 aromatic carbocycles. The molecular formula is C20H32BNO4S. The molecule has 0 aromatic heterocycles. The lowest BCUT2D eigenvalue weighted by Gasteiger charge is -2.32. The lowest BCUT2D eigenvalue weighted by atomic mass is 9.77. The maximum absolute atomic E-state index is 13.0. The zero-order valence-electron chi connectivity index (χ0n) is 17.8. The van der Waals surface area contributed by atoms with Gasteiger partial charge < -0.3 is 9.31 Å². The number of hydrogen-bond acceptors (Lipinski definition) is 4. The summed E-state index contributed by atoms with van der Waals surface area (Å²) in [6.07, 6.45) is 1.97. The smallest absolute Gasteiger partial charge is 0.399 e. The van der Waals surface area contributed by atoms with E-state index in [4.69, 9.17) is 9.31 Å². The molecule has 1 aliphatic carbocycles. The Morgan fingerprint density at radius 2 is 1.52 bits per heavy atom. The Morgan fingerprint density at radius 3 is 1.96 bits per heavy atom. The van der Waals surface area contributed by atoms with E-state index in [9.17, 15) is 8.42 Å². The van der Waals surface area contributed by atoms with Crippen molar-refractivity contribution >= 4 is 22.6 Å². The van der Waals surface area contributed by atoms with E-state index in [-0.39, 0.29) is 5.41 Å². The van der Waals surface area contributed by atoms with E-state index in [0.29, 0.717) is 4.90 Å². The van der Waals surface area contributed by atoms with Gasteiger partial charge in [0.05, 0.1) is 16.1 Å². The average Bonchev–Trinajstić information content (AvgIpc) is 3.17. The summed E-state index contributed by atoms with van der Waals surface area (Å²) in [5.74, 6) is 0. The summed E-state index contributed by atoms with van der Waals surface area (Å²) in [5, 5.41) is 0. The number of nitrogens with one attached hydrogen (secondary N) is 1. The van der Waals surface area contributed by atoms with Gasteiger partial charge in [0.25, 0.3) is 0 Å². The molecule has 2 fully saturated rings. The van der Waals surface area contributed by atoms with Gasteiger partial charge in [0.1, 0.15) is 0 Å². The first-order valence-corrected chi connectivity index (χ1v) is 11.1. The van der Waals surface area contributed by atoms with Gasteiger partial charge in [-0.15, -0.1) is 0 Å². The quantitative estimate of drug-likeness (QED) is 0.799. The van der Waals surface area contributed by atoms with Crippen LogP contribution in [0.3, 0.4) is 0 Å². The van der Waals surface area contributed by atoms with Crippen LogP contribution in [0.4, 0.5) is 0 Å². The highest BCUT2D eigenvalue weighted by molar-refractivity contribution is 7.89. The van der Waals surface area contributed by atoms with Gasteiger partial charge >= 0.3 is 7.12 Å². The van der Waals surface area contributed by atoms with Crippen molar-refractivity contribution in [2.75, 3.05) is 0 Å². The summed E-state index contributed by atoms with van der Waals surface area (Å²) in [5.41, 5.74) is 0.213. The third-order valence-corrected chi connectivity index (χ3v) is 7.73. The summed E-state index contributed by atoms with van der Waals surface area (Å²) in [6, 6.07) is 5.48. The molecule has 1 saturated carbocycles. The van der Waals surface area contributed by atoms with Crippen LogP contribution in [-0.4, -0.2) is 32.3 Å². The standard InChI is InChI=1S/C20H32BNO4S/c1-17(2,3)22-27(23,24)16-10-9-14(13-15(16)20(8)11-12-20)21-25-18(4,5)19(6,7)26-21/h9-10,13,22H,11-12H2,1-8H3. The van der Waals surface area contributed by atoms with Crippen molar-refractivity contribution in [3.05, 3.63) is 23.8 Å². The van der Waals surface area contributed by atoms with Gasteiger partial charge in [0.15, 0.2) is 0 Å². The Balaban J connectivity index is 2.03. The minimum Gasteiger partial charge on any atom is -0.399 e. The van der Waals surface area contributed by atoms with E-state index in [1.54, 1.807) is 6.07 Å². The van der Waals surface area contributed by atoms with Crippen molar-refractivity contribution in [2.24, 2.45) is 0 Å². The Kier molecular flexibility index (Phi) is 4.67. The van der Waals surface area contributed by atoms with Crippen molar-refractivity contribution in [1.82, 2.24) is 4.72 Å². The normalized spacial score (nSPS) is 23.5. The summed E-state index contributed by atoms with van der Waals surface area (Å²) in [4.78, 5) is 0.359. The molecule has 0 atom stereocenters. The van der Waals surface area contributed by atoms with Gasteiger partial charge in [0, 0.05) is 5.54 Å². The molecule has 0 bridgehead atoms. The third kappa shape index (κ3) is 3.97. The molecule has 0 radical (unpaired) electrons. The molecule has 7 heteroatoms. The van der Waals surface area contributed by atoms with Crippen LogP contribution >= 0.6 is 0 Å². The number of sulfonamides is 1. The Bertz CT molecular complexity index is 835. The maximum Gasteiger partial charge on any atom is 0.494 e. The number of rotatable bonds is 4. The fraction of sp³-hybridized carbons (Fsp3) is 0.700. The fourth-order valence-corrected chi connectivity index (χ4v) is 5.05. The predicted octanol–water partition coefficient (Wildman–Crippen LogP) is 3.11. The highest BCUT2D eigenvalue weighted by Gasteiger charge is 2.52. The summed E-state index contributed by atoms with van der Waals surface area (Å²) < 4.78 is 41.1. The molecule has 3 rings (SSSR count). The molecular weight excluding hydrogens is 361 g/mol. The molecule has 1 aromatic rings. The summed E-state index contributed by atoms with van der Waals surface area (Å²) in [7, 11) is -4.11. The summed E-state index contributed by atoms with van der Waals surface area (Å²) >= 11 is 0. The van der Waals surface area contributed by atoms with Crippen molar-refractivity contribution < 1.29 is 17.7 Å². The second-order valence-electron chi connectivity index (χ2n) is 10.3. The number of hydrogen-bond donors (Lipinski definition) is 1. The molecule has 2 aliphatic rings. The van der Waals surface area contributed by atoms with E-state index in [1.165, 1.54) is 0 Å². The van der Waals surface area contributed by atoms with Crippen molar-refractivity contribution in [3.8, 4) is 0 Å². The zero-order valence-corrected chi connectivity index (χ0v) is 18.6. The molecule has 27 heavy (non-hydrogen) atoms. The topological polar surface area (TPSA) is 64.6 Å². The van der Waals surface area contributed by atoms with Gasteiger partial charge in [-0.3, -0.25) is 0 Å². The van der Waals surface area contributed by atoms with Crippen LogP contribution in [0.25, 0.3) is 0 Å². The predicted molar refractivity (Wildman–Crippen MR) is 109 cm³/mol. The fourth-order valence-electron chi connectivity index (χ4n) is 3.29. The van der Waals surface area contributed by atoms with Crippen molar-refractivity contribution in [3.63, 3.8) is 0 Å². The Hall–Kier alpha value is -0.885. The minimum absolute atomic E-state index is 0.110. The van der Waals surface area contributed by atoms with E-state index in [2.05, 4.69) is 11.6 Å². The molecule has 150 valence electrons. The zero-order chi connectivity index (χ0) is 20.5. The molecule has 5 nitrogen and oxygen atoms in total. The maximum atomic E-state index is 13.0. The Labute approximate surface area is 164 Å². The van der Waals surface area contributed by atoms with Crippen molar-refractivity contribution in [2.45, 2.75) is 95.3 Å². The van der Waals surface area contributed by atoms with Gasteiger partial charge in [-0.1, -0.05) is 19.1 Å². The molecule has 1 aliphatic heterocycles. The molecule has 1 N–H and O–H groups in total. The molecule has 0 amide bonds. The van der Waals surface area contributed by atoms with E-state index < -0.39 is 33.9 Å². The SMILES string of the molecule is CC(C)(C)NS(=O)(=O)c1ccc(B2OC(C)(C)C(C)(C)O2)cc1C1(C)CC1. The minimum atomic E-state index is -3.61. The van der Waals surface area contributed by atoms with E-state index >= 15 is 0 Å². The molecule has 1 saturated heterocycles. The highest BCUT2D eigenvalue weighted by atomic mass is 32.2. The first-order valence-electron chi connectivity index (χ1n) is 9.61. The first-order chi connectivity index (χ1) is 12.1. The van der Waals surface area contributed by atoms with E-state index in [0.717, 1.165) is 23.9 Å². The van der Waals surface area contributed by atoms with Crippen molar-refractivity contribution in [1.29, 1.82) is 0 Å². The van der Waals surface area contributed by atoms with Crippen LogP contribution in [0.5, 0.6) is 0 Å². The molecule has 0 unspecified atom stereocenters. The first kappa shape index (κ1) is 20.8. The van der Waals surface area contributed by atoms with Crippen LogP contribution in [-0.2, 0) is 24.7 Å². The number of benzene rings is 1. The monoisotopic (exact) mass is 393 g/mol. The highest BCUT2D eigenvalue weighted by Crippen LogP contribution is 2.49. The van der Waals surface area contributed by atoms with Gasteiger partial charge in [-0.25, -0.2) is 13.1 Å². The second-order valence-corrected chi connectivity index (χ2v) is 11.9. The third-order valence-electron chi connectivity index (χ3n) is 5.91. The van der Waals surface area contributed by atoms with Gasteiger partial charge in [-0.2, -0.15) is 0 Å². The lowest BCUT2D eigenvalue weighted by Crippen LogP contribution is -2.41. The van der Waals surface area contributed by atoms with Crippen LogP contribution in [0, 0.1) is 0 Å².